The molecule has 0 bridgehead atoms. The van der Waals surface area contributed by atoms with E-state index in [1.54, 1.807) is 18.2 Å². The lowest BCUT2D eigenvalue weighted by Crippen LogP contribution is -2.44. The van der Waals surface area contributed by atoms with E-state index in [1.165, 1.54) is 24.1 Å². The molecule has 0 atom stereocenters. The second-order valence-corrected chi connectivity index (χ2v) is 6.89. The van der Waals surface area contributed by atoms with Gasteiger partial charge >= 0.3 is 0 Å². The normalized spacial score (nSPS) is 14.7. The second kappa shape index (κ2) is 8.22. The molecule has 6 nitrogen and oxygen atoms in total. The van der Waals surface area contributed by atoms with Crippen LogP contribution in [0.15, 0.2) is 60.9 Å². The van der Waals surface area contributed by atoms with Gasteiger partial charge in [-0.05, 0) is 49.5 Å². The molecule has 1 aliphatic rings. The summed E-state index contributed by atoms with van der Waals surface area (Å²) in [6.45, 7) is 4.26. The molecule has 144 valence electrons. The standard InChI is InChI=1S/C21H23FN6/c1-27-9-11-28(12-10-27)19-7-5-17(6-8-19)25-20-14-21(24-15-23-20)26-18-4-2-3-16(22)13-18/h2-8,13-15H,9-12H2,1H3,(H2,23,24,25,26). The lowest BCUT2D eigenvalue weighted by molar-refractivity contribution is 0.313. The molecule has 7 heteroatoms. The van der Waals surface area contributed by atoms with Gasteiger partial charge in [-0.25, -0.2) is 14.4 Å². The number of nitrogens with one attached hydrogen (secondary N) is 2. The number of nitrogens with zero attached hydrogens (tertiary/aromatic N) is 4. The van der Waals surface area contributed by atoms with Gasteiger partial charge in [0.25, 0.3) is 0 Å². The molecule has 4 rings (SSSR count). The minimum absolute atomic E-state index is 0.294. The quantitative estimate of drug-likeness (QED) is 0.703. The zero-order chi connectivity index (χ0) is 19.3. The maximum absolute atomic E-state index is 13.3. The van der Waals surface area contributed by atoms with E-state index >= 15 is 0 Å². The number of likely N-dealkylation sites (N-methyl/N-ethyl adjacent to an activating group) is 1. The van der Waals surface area contributed by atoms with E-state index in [4.69, 9.17) is 0 Å². The summed E-state index contributed by atoms with van der Waals surface area (Å²) in [5, 5.41) is 6.37. The van der Waals surface area contributed by atoms with Crippen LogP contribution >= 0.6 is 0 Å². The van der Waals surface area contributed by atoms with Crippen molar-refractivity contribution >= 4 is 28.7 Å². The summed E-state index contributed by atoms with van der Waals surface area (Å²) < 4.78 is 13.3. The lowest BCUT2D eigenvalue weighted by atomic mass is 10.2. The second-order valence-electron chi connectivity index (χ2n) is 6.89. The molecule has 2 aromatic carbocycles. The van der Waals surface area contributed by atoms with Crippen molar-refractivity contribution in [3.63, 3.8) is 0 Å². The monoisotopic (exact) mass is 378 g/mol. The highest BCUT2D eigenvalue weighted by molar-refractivity contribution is 5.64. The van der Waals surface area contributed by atoms with Crippen molar-refractivity contribution < 1.29 is 4.39 Å². The van der Waals surface area contributed by atoms with E-state index in [1.807, 2.05) is 0 Å². The van der Waals surface area contributed by atoms with Gasteiger partial charge < -0.3 is 20.4 Å². The number of hydrogen-bond donors (Lipinski definition) is 2. The fourth-order valence-corrected chi connectivity index (χ4v) is 3.18. The van der Waals surface area contributed by atoms with Gasteiger partial charge in [-0.3, -0.25) is 0 Å². The summed E-state index contributed by atoms with van der Waals surface area (Å²) in [6.07, 6.45) is 1.47. The number of benzene rings is 2. The first-order valence-electron chi connectivity index (χ1n) is 9.31. The highest BCUT2D eigenvalue weighted by atomic mass is 19.1. The summed E-state index contributed by atoms with van der Waals surface area (Å²) >= 11 is 0. The first-order valence-corrected chi connectivity index (χ1v) is 9.31. The van der Waals surface area contributed by atoms with Gasteiger partial charge in [0.2, 0.25) is 0 Å². The zero-order valence-electron chi connectivity index (χ0n) is 15.8. The average molecular weight is 378 g/mol. The summed E-state index contributed by atoms with van der Waals surface area (Å²) in [7, 11) is 2.16. The molecule has 0 amide bonds. The lowest BCUT2D eigenvalue weighted by Gasteiger charge is -2.34. The molecule has 1 fully saturated rings. The number of aromatic nitrogens is 2. The van der Waals surface area contributed by atoms with E-state index < -0.39 is 0 Å². The molecule has 0 unspecified atom stereocenters. The van der Waals surface area contributed by atoms with Crippen LogP contribution in [-0.4, -0.2) is 48.1 Å². The van der Waals surface area contributed by atoms with E-state index in [9.17, 15) is 4.39 Å². The van der Waals surface area contributed by atoms with Gasteiger partial charge in [-0.1, -0.05) is 6.07 Å². The molecule has 28 heavy (non-hydrogen) atoms. The number of piperazine rings is 1. The van der Waals surface area contributed by atoms with Gasteiger partial charge in [-0.2, -0.15) is 0 Å². The van der Waals surface area contributed by atoms with Gasteiger partial charge in [-0.15, -0.1) is 0 Å². The van der Waals surface area contributed by atoms with E-state index in [0.29, 0.717) is 17.3 Å². The van der Waals surface area contributed by atoms with Crippen molar-refractivity contribution in [3.05, 3.63) is 66.7 Å². The summed E-state index contributed by atoms with van der Waals surface area (Å²) in [5.41, 5.74) is 2.82. The fourth-order valence-electron chi connectivity index (χ4n) is 3.18. The molecule has 0 saturated carbocycles. The first kappa shape index (κ1) is 18.2. The van der Waals surface area contributed by atoms with Crippen LogP contribution < -0.4 is 15.5 Å². The largest absolute Gasteiger partial charge is 0.369 e. The molecule has 1 aliphatic heterocycles. The van der Waals surface area contributed by atoms with Crippen LogP contribution in [0.5, 0.6) is 0 Å². The van der Waals surface area contributed by atoms with Crippen LogP contribution in [0.1, 0.15) is 0 Å². The van der Waals surface area contributed by atoms with Crippen molar-refractivity contribution in [2.45, 2.75) is 0 Å². The smallest absolute Gasteiger partial charge is 0.135 e. The van der Waals surface area contributed by atoms with Crippen molar-refractivity contribution in [2.75, 3.05) is 48.8 Å². The van der Waals surface area contributed by atoms with Crippen molar-refractivity contribution in [2.24, 2.45) is 0 Å². The van der Waals surface area contributed by atoms with E-state index in [2.05, 4.69) is 61.7 Å². The van der Waals surface area contributed by atoms with Gasteiger partial charge in [0.1, 0.15) is 23.8 Å². The fraction of sp³-hybridized carbons (Fsp3) is 0.238. The Balaban J connectivity index is 1.41. The average Bonchev–Trinajstić information content (AvgIpc) is 2.70. The number of hydrogen-bond acceptors (Lipinski definition) is 6. The van der Waals surface area contributed by atoms with Crippen molar-refractivity contribution in [1.29, 1.82) is 0 Å². The zero-order valence-corrected chi connectivity index (χ0v) is 15.8. The first-order chi connectivity index (χ1) is 13.7. The van der Waals surface area contributed by atoms with Crippen LogP contribution in [-0.2, 0) is 0 Å². The third-order valence-electron chi connectivity index (χ3n) is 4.77. The Morgan fingerprint density at radius 2 is 1.50 bits per heavy atom. The molecule has 3 aromatic rings. The number of rotatable bonds is 5. The minimum Gasteiger partial charge on any atom is -0.369 e. The highest BCUT2D eigenvalue weighted by Gasteiger charge is 2.14. The molecule has 2 heterocycles. The molecule has 1 saturated heterocycles. The maximum atomic E-state index is 13.3. The predicted molar refractivity (Wildman–Crippen MR) is 111 cm³/mol. The summed E-state index contributed by atoms with van der Waals surface area (Å²) in [6, 6.07) is 16.4. The molecule has 0 aliphatic carbocycles. The molecular formula is C21H23FN6. The molecule has 0 radical (unpaired) electrons. The van der Waals surface area contributed by atoms with Crippen molar-refractivity contribution in [3.8, 4) is 0 Å². The Morgan fingerprint density at radius 1 is 0.821 bits per heavy atom. The van der Waals surface area contributed by atoms with Crippen LogP contribution in [0.4, 0.5) is 33.1 Å². The highest BCUT2D eigenvalue weighted by Crippen LogP contribution is 2.23. The third-order valence-corrected chi connectivity index (χ3v) is 4.77. The van der Waals surface area contributed by atoms with Gasteiger partial charge in [0.15, 0.2) is 0 Å². The molecule has 1 aromatic heterocycles. The van der Waals surface area contributed by atoms with Gasteiger partial charge in [0, 0.05) is 49.3 Å². The summed E-state index contributed by atoms with van der Waals surface area (Å²) in [4.78, 5) is 13.2. The summed E-state index contributed by atoms with van der Waals surface area (Å²) in [5.74, 6) is 0.969. The van der Waals surface area contributed by atoms with Crippen LogP contribution in [0.3, 0.4) is 0 Å². The van der Waals surface area contributed by atoms with Crippen LogP contribution in [0.25, 0.3) is 0 Å². The molecule has 0 spiro atoms. The molecular weight excluding hydrogens is 355 g/mol. The Kier molecular flexibility index (Phi) is 5.34. The minimum atomic E-state index is -0.294. The number of halogens is 1. The van der Waals surface area contributed by atoms with Crippen molar-refractivity contribution in [1.82, 2.24) is 14.9 Å². The Hall–Kier alpha value is -3.19. The maximum Gasteiger partial charge on any atom is 0.135 e. The molecule has 2 N–H and O–H groups in total. The number of anilines is 5. The predicted octanol–water partition coefficient (Wildman–Crippen LogP) is 3.85. The third kappa shape index (κ3) is 4.55. The Morgan fingerprint density at radius 3 is 2.18 bits per heavy atom. The Bertz CT molecular complexity index is 922. The Labute approximate surface area is 164 Å². The van der Waals surface area contributed by atoms with Gasteiger partial charge in [0.05, 0.1) is 0 Å². The topological polar surface area (TPSA) is 56.3 Å². The van der Waals surface area contributed by atoms with E-state index in [-0.39, 0.29) is 5.82 Å². The van der Waals surface area contributed by atoms with E-state index in [0.717, 1.165) is 31.9 Å². The van der Waals surface area contributed by atoms with Crippen LogP contribution in [0.2, 0.25) is 0 Å². The van der Waals surface area contributed by atoms with Crippen LogP contribution in [0, 0.1) is 5.82 Å². The SMILES string of the molecule is CN1CCN(c2ccc(Nc3cc(Nc4cccc(F)c4)ncn3)cc2)CC1.